The highest BCUT2D eigenvalue weighted by Gasteiger charge is 2.29. The molecule has 1 aliphatic carbocycles. The Morgan fingerprint density at radius 2 is 1.92 bits per heavy atom. The molecule has 1 aromatic rings. The van der Waals surface area contributed by atoms with Crippen LogP contribution >= 0.6 is 0 Å². The number of rotatable bonds is 6. The number of carbonyl (C=O) groups is 1. The third kappa shape index (κ3) is 4.76. The van der Waals surface area contributed by atoms with E-state index in [-0.39, 0.29) is 28.6 Å². The zero-order valence-corrected chi connectivity index (χ0v) is 17.0. The zero-order valence-electron chi connectivity index (χ0n) is 16.2. The second-order valence-corrected chi connectivity index (χ2v) is 9.17. The molecule has 0 heterocycles. The van der Waals surface area contributed by atoms with Crippen LogP contribution in [0.4, 0.5) is 0 Å². The first-order valence-electron chi connectivity index (χ1n) is 9.17. The number of benzene rings is 1. The Kier molecular flexibility index (Phi) is 6.69. The first kappa shape index (κ1) is 20.7. The molecule has 0 bridgehead atoms. The van der Waals surface area contributed by atoms with Crippen molar-refractivity contribution in [3.8, 4) is 5.75 Å². The van der Waals surface area contributed by atoms with Crippen LogP contribution in [0.2, 0.25) is 0 Å². The van der Waals surface area contributed by atoms with Crippen LogP contribution in [-0.4, -0.2) is 33.5 Å². The molecule has 7 heteroatoms. The fourth-order valence-electron chi connectivity index (χ4n) is 3.44. The van der Waals surface area contributed by atoms with E-state index in [9.17, 15) is 13.2 Å². The number of ether oxygens (including phenoxy) is 1. The molecule has 1 aromatic carbocycles. The molecule has 146 valence electrons. The molecule has 0 unspecified atom stereocenters. The lowest BCUT2D eigenvalue weighted by atomic mass is 9.78. The van der Waals surface area contributed by atoms with Gasteiger partial charge in [-0.25, -0.2) is 13.1 Å². The zero-order chi connectivity index (χ0) is 19.5. The lowest BCUT2D eigenvalue weighted by molar-refractivity contribution is 0.0891. The normalized spacial score (nSPS) is 23.7. The summed E-state index contributed by atoms with van der Waals surface area (Å²) in [5.74, 6) is 0.932. The quantitative estimate of drug-likeness (QED) is 0.792. The Hall–Kier alpha value is -1.60. The fourth-order valence-corrected chi connectivity index (χ4v) is 4.89. The maximum Gasteiger partial charge on any atom is 0.251 e. The van der Waals surface area contributed by atoms with Crippen LogP contribution in [0, 0.1) is 11.8 Å². The van der Waals surface area contributed by atoms with Gasteiger partial charge in [-0.05, 0) is 50.3 Å². The summed E-state index contributed by atoms with van der Waals surface area (Å²) in [6.07, 6.45) is 3.23. The van der Waals surface area contributed by atoms with Crippen molar-refractivity contribution in [1.82, 2.24) is 10.0 Å². The number of hydrogen-bond acceptors (Lipinski definition) is 4. The van der Waals surface area contributed by atoms with E-state index in [1.54, 1.807) is 19.9 Å². The maximum absolute atomic E-state index is 12.7. The van der Waals surface area contributed by atoms with Gasteiger partial charge in [-0.15, -0.1) is 0 Å². The van der Waals surface area contributed by atoms with E-state index in [1.807, 2.05) is 0 Å². The van der Waals surface area contributed by atoms with Gasteiger partial charge >= 0.3 is 0 Å². The van der Waals surface area contributed by atoms with Crippen molar-refractivity contribution in [1.29, 1.82) is 0 Å². The Morgan fingerprint density at radius 1 is 1.23 bits per heavy atom. The van der Waals surface area contributed by atoms with E-state index < -0.39 is 10.0 Å². The molecule has 3 atom stereocenters. The van der Waals surface area contributed by atoms with Crippen molar-refractivity contribution in [3.05, 3.63) is 23.8 Å². The lowest BCUT2D eigenvalue weighted by Gasteiger charge is -2.34. The van der Waals surface area contributed by atoms with Gasteiger partial charge in [0.05, 0.1) is 7.11 Å². The third-order valence-corrected chi connectivity index (χ3v) is 6.81. The summed E-state index contributed by atoms with van der Waals surface area (Å²) >= 11 is 0. The Balaban J connectivity index is 2.27. The topological polar surface area (TPSA) is 84.5 Å². The van der Waals surface area contributed by atoms with Crippen molar-refractivity contribution in [2.75, 3.05) is 7.11 Å². The smallest absolute Gasteiger partial charge is 0.251 e. The molecule has 2 N–H and O–H groups in total. The molecule has 1 aliphatic rings. The summed E-state index contributed by atoms with van der Waals surface area (Å²) in [7, 11) is -2.35. The third-order valence-electron chi connectivity index (χ3n) is 5.13. The number of methoxy groups -OCH3 is 1. The van der Waals surface area contributed by atoms with Crippen LogP contribution in [0.1, 0.15) is 57.3 Å². The van der Waals surface area contributed by atoms with Gasteiger partial charge in [0.15, 0.2) is 0 Å². The first-order valence-corrected chi connectivity index (χ1v) is 10.6. The number of nitrogens with one attached hydrogen (secondary N) is 2. The summed E-state index contributed by atoms with van der Waals surface area (Å²) in [4.78, 5) is 12.7. The van der Waals surface area contributed by atoms with E-state index in [1.165, 1.54) is 25.7 Å². The average Bonchev–Trinajstić information content (AvgIpc) is 2.57. The van der Waals surface area contributed by atoms with Crippen LogP contribution in [0.3, 0.4) is 0 Å². The highest BCUT2D eigenvalue weighted by Crippen LogP contribution is 2.30. The standard InChI is InChI=1S/C19H30N2O4S/c1-12(2)21-26(23,24)18-11-15(9-10-17(18)25-5)19(22)20-16-8-6-7-13(3)14(16)4/h9-14,16,21H,6-8H2,1-5H3,(H,20,22)/t13-,14+,16-/m1/s1. The Bertz CT molecular complexity index is 746. The predicted octanol–water partition coefficient (Wildman–Crippen LogP) is 2.94. The highest BCUT2D eigenvalue weighted by atomic mass is 32.2. The first-order chi connectivity index (χ1) is 12.2. The van der Waals surface area contributed by atoms with E-state index in [4.69, 9.17) is 4.74 Å². The number of amides is 1. The number of hydrogen-bond donors (Lipinski definition) is 2. The van der Waals surface area contributed by atoms with Gasteiger partial charge < -0.3 is 10.1 Å². The van der Waals surface area contributed by atoms with Crippen LogP contribution in [0.15, 0.2) is 23.1 Å². The van der Waals surface area contributed by atoms with E-state index in [0.717, 1.165) is 12.8 Å². The molecule has 0 radical (unpaired) electrons. The predicted molar refractivity (Wildman–Crippen MR) is 102 cm³/mol. The van der Waals surface area contributed by atoms with Crippen molar-refractivity contribution < 1.29 is 17.9 Å². The molecule has 1 saturated carbocycles. The SMILES string of the molecule is COc1ccc(C(=O)N[C@@H]2CCC[C@@H](C)[C@@H]2C)cc1S(=O)(=O)NC(C)C. The largest absolute Gasteiger partial charge is 0.495 e. The molecule has 0 aromatic heterocycles. The maximum atomic E-state index is 12.7. The molecule has 0 saturated heterocycles. The molecule has 6 nitrogen and oxygen atoms in total. The van der Waals surface area contributed by atoms with E-state index in [2.05, 4.69) is 23.9 Å². The molecular weight excluding hydrogens is 352 g/mol. The molecular formula is C19H30N2O4S. The second-order valence-electron chi connectivity index (χ2n) is 7.49. The van der Waals surface area contributed by atoms with Crippen LogP contribution in [0.25, 0.3) is 0 Å². The van der Waals surface area contributed by atoms with Gasteiger partial charge in [0.2, 0.25) is 10.0 Å². The summed E-state index contributed by atoms with van der Waals surface area (Å²) in [5.41, 5.74) is 0.320. The summed E-state index contributed by atoms with van der Waals surface area (Å²) in [6, 6.07) is 4.36. The summed E-state index contributed by atoms with van der Waals surface area (Å²) < 4.78 is 32.8. The Labute approximate surface area is 156 Å². The van der Waals surface area contributed by atoms with Gasteiger partial charge in [-0.3, -0.25) is 4.79 Å². The average molecular weight is 383 g/mol. The minimum absolute atomic E-state index is 0.0218. The lowest BCUT2D eigenvalue weighted by Crippen LogP contribution is -2.43. The minimum Gasteiger partial charge on any atom is -0.495 e. The monoisotopic (exact) mass is 382 g/mol. The van der Waals surface area contributed by atoms with Crippen molar-refractivity contribution in [3.63, 3.8) is 0 Å². The van der Waals surface area contributed by atoms with Gasteiger partial charge in [0.25, 0.3) is 5.91 Å². The molecule has 0 aliphatic heterocycles. The van der Waals surface area contributed by atoms with Crippen LogP contribution < -0.4 is 14.8 Å². The fraction of sp³-hybridized carbons (Fsp3) is 0.632. The minimum atomic E-state index is -3.77. The van der Waals surface area contributed by atoms with Crippen molar-refractivity contribution in [2.24, 2.45) is 11.8 Å². The van der Waals surface area contributed by atoms with E-state index >= 15 is 0 Å². The molecule has 0 spiro atoms. The molecule has 1 fully saturated rings. The van der Waals surface area contributed by atoms with Gasteiger partial charge in [-0.2, -0.15) is 0 Å². The second kappa shape index (κ2) is 8.39. The van der Waals surface area contributed by atoms with Crippen LogP contribution in [0.5, 0.6) is 5.75 Å². The Morgan fingerprint density at radius 3 is 2.54 bits per heavy atom. The van der Waals surface area contributed by atoms with Crippen molar-refractivity contribution >= 4 is 15.9 Å². The highest BCUT2D eigenvalue weighted by molar-refractivity contribution is 7.89. The van der Waals surface area contributed by atoms with Gasteiger partial charge in [0, 0.05) is 17.6 Å². The van der Waals surface area contributed by atoms with E-state index in [0.29, 0.717) is 17.4 Å². The molecule has 1 amide bonds. The number of carbonyl (C=O) groups excluding carboxylic acids is 1. The van der Waals surface area contributed by atoms with Crippen molar-refractivity contribution in [2.45, 2.75) is 63.9 Å². The summed E-state index contributed by atoms with van der Waals surface area (Å²) in [6.45, 7) is 7.85. The summed E-state index contributed by atoms with van der Waals surface area (Å²) in [5, 5.41) is 3.08. The van der Waals surface area contributed by atoms with Gasteiger partial charge in [0.1, 0.15) is 10.6 Å². The number of sulfonamides is 1. The molecule has 26 heavy (non-hydrogen) atoms. The van der Waals surface area contributed by atoms with Crippen LogP contribution in [-0.2, 0) is 10.0 Å². The molecule has 2 rings (SSSR count). The van der Waals surface area contributed by atoms with Gasteiger partial charge in [-0.1, -0.05) is 26.7 Å².